The van der Waals surface area contributed by atoms with E-state index in [1.165, 1.54) is 0 Å². The third kappa shape index (κ3) is 2.74. The summed E-state index contributed by atoms with van der Waals surface area (Å²) in [5.74, 6) is 0. The van der Waals surface area contributed by atoms with Crippen molar-refractivity contribution in [3.8, 4) is 6.07 Å². The maximum atomic E-state index is 8.87. The van der Waals surface area contributed by atoms with Crippen molar-refractivity contribution < 1.29 is 0 Å². The highest BCUT2D eigenvalue weighted by Gasteiger charge is 2.04. The van der Waals surface area contributed by atoms with Gasteiger partial charge in [-0.2, -0.15) is 5.26 Å². The Morgan fingerprint density at radius 3 is 2.56 bits per heavy atom. The van der Waals surface area contributed by atoms with Crippen molar-refractivity contribution in [2.75, 3.05) is 5.32 Å². The third-order valence-corrected chi connectivity index (χ3v) is 4.15. The molecule has 2 aromatic rings. The van der Waals surface area contributed by atoms with Crippen LogP contribution in [0.15, 0.2) is 45.3 Å². The summed E-state index contributed by atoms with van der Waals surface area (Å²) >= 11 is 6.89. The van der Waals surface area contributed by atoms with Gasteiger partial charge in [0.05, 0.1) is 5.56 Å². The van der Waals surface area contributed by atoms with Gasteiger partial charge in [-0.3, -0.25) is 0 Å². The van der Waals surface area contributed by atoms with Crippen LogP contribution in [0.4, 0.5) is 11.4 Å². The Bertz CT molecular complexity index is 630. The van der Waals surface area contributed by atoms with Crippen LogP contribution < -0.4 is 5.32 Å². The second-order valence-electron chi connectivity index (χ2n) is 3.84. The van der Waals surface area contributed by atoms with Crippen molar-refractivity contribution in [2.24, 2.45) is 0 Å². The van der Waals surface area contributed by atoms with Crippen molar-refractivity contribution >= 4 is 43.2 Å². The molecule has 0 aromatic heterocycles. The molecule has 0 fully saturated rings. The van der Waals surface area contributed by atoms with Crippen LogP contribution in [0.3, 0.4) is 0 Å². The van der Waals surface area contributed by atoms with Gasteiger partial charge in [-0.05, 0) is 58.7 Å². The molecule has 0 saturated heterocycles. The first-order valence-corrected chi connectivity index (χ1v) is 6.92. The molecule has 0 amide bonds. The van der Waals surface area contributed by atoms with E-state index in [4.69, 9.17) is 5.26 Å². The lowest BCUT2D eigenvalue weighted by Gasteiger charge is -2.11. The van der Waals surface area contributed by atoms with Gasteiger partial charge in [0.2, 0.25) is 0 Å². The van der Waals surface area contributed by atoms with E-state index in [0.717, 1.165) is 25.9 Å². The fourth-order valence-corrected chi connectivity index (χ4v) is 2.42. The Morgan fingerprint density at radius 2 is 1.89 bits per heavy atom. The van der Waals surface area contributed by atoms with E-state index in [2.05, 4.69) is 43.2 Å². The molecule has 0 aliphatic carbocycles. The van der Waals surface area contributed by atoms with Crippen LogP contribution in [0.2, 0.25) is 0 Å². The number of rotatable bonds is 2. The Balaban J connectivity index is 2.32. The maximum absolute atomic E-state index is 8.87. The Labute approximate surface area is 123 Å². The molecule has 1 N–H and O–H groups in total. The third-order valence-electron chi connectivity index (χ3n) is 2.64. The SMILES string of the molecule is Cc1c(Br)cccc1Nc1ccc(C#N)c(Br)c1. The minimum absolute atomic E-state index is 0.631. The Kier molecular flexibility index (Phi) is 4.05. The molecule has 18 heavy (non-hydrogen) atoms. The summed E-state index contributed by atoms with van der Waals surface area (Å²) < 4.78 is 1.86. The lowest BCUT2D eigenvalue weighted by atomic mass is 10.2. The fourth-order valence-electron chi connectivity index (χ4n) is 1.58. The predicted octanol–water partition coefficient (Wildman–Crippen LogP) is 5.14. The Hall–Kier alpha value is -1.31. The standard InChI is InChI=1S/C14H10Br2N2/c1-9-12(15)3-2-4-14(9)18-11-6-5-10(8-17)13(16)7-11/h2-7,18H,1H3. The molecule has 2 rings (SSSR count). The normalized spacial score (nSPS) is 9.89. The average Bonchev–Trinajstić information content (AvgIpc) is 2.35. The molecule has 0 unspecified atom stereocenters. The first-order chi connectivity index (χ1) is 8.61. The number of nitriles is 1. The van der Waals surface area contributed by atoms with E-state index in [9.17, 15) is 0 Å². The van der Waals surface area contributed by atoms with Crippen LogP contribution in [-0.4, -0.2) is 0 Å². The summed E-state index contributed by atoms with van der Waals surface area (Å²) in [7, 11) is 0. The van der Waals surface area contributed by atoms with E-state index < -0.39 is 0 Å². The minimum atomic E-state index is 0.631. The fraction of sp³-hybridized carbons (Fsp3) is 0.0714. The second-order valence-corrected chi connectivity index (χ2v) is 5.55. The largest absolute Gasteiger partial charge is 0.355 e. The van der Waals surface area contributed by atoms with Crippen LogP contribution in [0.25, 0.3) is 0 Å². The topological polar surface area (TPSA) is 35.8 Å². The van der Waals surface area contributed by atoms with Crippen molar-refractivity contribution in [1.82, 2.24) is 0 Å². The molecule has 0 saturated carbocycles. The zero-order valence-electron chi connectivity index (χ0n) is 9.67. The van der Waals surface area contributed by atoms with Crippen LogP contribution in [-0.2, 0) is 0 Å². The average molecular weight is 366 g/mol. The minimum Gasteiger partial charge on any atom is -0.355 e. The molecule has 4 heteroatoms. The number of hydrogen-bond donors (Lipinski definition) is 1. The first kappa shape index (κ1) is 13.1. The van der Waals surface area contributed by atoms with E-state index in [-0.39, 0.29) is 0 Å². The van der Waals surface area contributed by atoms with Crippen molar-refractivity contribution in [3.05, 3.63) is 56.5 Å². The van der Waals surface area contributed by atoms with Crippen molar-refractivity contribution in [1.29, 1.82) is 5.26 Å². The first-order valence-electron chi connectivity index (χ1n) is 5.33. The number of anilines is 2. The number of nitrogens with zero attached hydrogens (tertiary/aromatic N) is 1. The highest BCUT2D eigenvalue weighted by atomic mass is 79.9. The number of benzene rings is 2. The van der Waals surface area contributed by atoms with Crippen LogP contribution in [0.5, 0.6) is 0 Å². The van der Waals surface area contributed by atoms with Gasteiger partial charge >= 0.3 is 0 Å². The Morgan fingerprint density at radius 1 is 1.11 bits per heavy atom. The molecule has 0 aliphatic rings. The van der Waals surface area contributed by atoms with Gasteiger partial charge in [-0.25, -0.2) is 0 Å². The molecule has 0 spiro atoms. The van der Waals surface area contributed by atoms with Crippen LogP contribution in [0, 0.1) is 18.3 Å². The van der Waals surface area contributed by atoms with Gasteiger partial charge in [0.1, 0.15) is 6.07 Å². The number of halogens is 2. The molecule has 2 nitrogen and oxygen atoms in total. The van der Waals surface area contributed by atoms with E-state index in [1.807, 2.05) is 37.3 Å². The van der Waals surface area contributed by atoms with Crippen LogP contribution in [0.1, 0.15) is 11.1 Å². The smallest absolute Gasteiger partial charge is 0.100 e. The summed E-state index contributed by atoms with van der Waals surface area (Å²) in [6.45, 7) is 2.05. The quantitative estimate of drug-likeness (QED) is 0.800. The summed E-state index contributed by atoms with van der Waals surface area (Å²) in [4.78, 5) is 0. The molecular weight excluding hydrogens is 356 g/mol. The van der Waals surface area contributed by atoms with E-state index in [1.54, 1.807) is 6.07 Å². The molecule has 0 bridgehead atoms. The van der Waals surface area contributed by atoms with Gasteiger partial charge in [0.15, 0.2) is 0 Å². The second kappa shape index (κ2) is 5.55. The summed E-state index contributed by atoms with van der Waals surface area (Å²) in [5.41, 5.74) is 3.77. The summed E-state index contributed by atoms with van der Waals surface area (Å²) in [6.07, 6.45) is 0. The zero-order valence-corrected chi connectivity index (χ0v) is 12.8. The highest BCUT2D eigenvalue weighted by molar-refractivity contribution is 9.10. The van der Waals surface area contributed by atoms with Gasteiger partial charge in [-0.1, -0.05) is 22.0 Å². The molecule has 0 aliphatic heterocycles. The van der Waals surface area contributed by atoms with Gasteiger partial charge < -0.3 is 5.32 Å². The van der Waals surface area contributed by atoms with Crippen LogP contribution >= 0.6 is 31.9 Å². The molecule has 2 aromatic carbocycles. The monoisotopic (exact) mass is 364 g/mol. The summed E-state index contributed by atoms with van der Waals surface area (Å²) in [6, 6.07) is 13.7. The van der Waals surface area contributed by atoms with Gasteiger partial charge in [0, 0.05) is 20.3 Å². The van der Waals surface area contributed by atoms with Gasteiger partial charge in [-0.15, -0.1) is 0 Å². The highest BCUT2D eigenvalue weighted by Crippen LogP contribution is 2.28. The molecule has 0 radical (unpaired) electrons. The molecule has 90 valence electrons. The maximum Gasteiger partial charge on any atom is 0.100 e. The number of nitrogens with one attached hydrogen (secondary N) is 1. The zero-order chi connectivity index (χ0) is 13.1. The number of hydrogen-bond acceptors (Lipinski definition) is 2. The summed E-state index contributed by atoms with van der Waals surface area (Å²) in [5, 5.41) is 12.2. The molecule has 0 heterocycles. The lowest BCUT2D eigenvalue weighted by Crippen LogP contribution is -1.94. The van der Waals surface area contributed by atoms with E-state index >= 15 is 0 Å². The molecular formula is C14H10Br2N2. The van der Waals surface area contributed by atoms with Crippen molar-refractivity contribution in [3.63, 3.8) is 0 Å². The molecule has 0 atom stereocenters. The predicted molar refractivity (Wildman–Crippen MR) is 81.0 cm³/mol. The van der Waals surface area contributed by atoms with Gasteiger partial charge in [0.25, 0.3) is 0 Å². The van der Waals surface area contributed by atoms with E-state index in [0.29, 0.717) is 5.56 Å². The lowest BCUT2D eigenvalue weighted by molar-refractivity contribution is 1.39. The van der Waals surface area contributed by atoms with Crippen molar-refractivity contribution in [2.45, 2.75) is 6.92 Å².